The number of esters is 1. The van der Waals surface area contributed by atoms with E-state index in [-0.39, 0.29) is 11.6 Å². The van der Waals surface area contributed by atoms with Crippen molar-refractivity contribution in [3.8, 4) is 0 Å². The lowest BCUT2D eigenvalue weighted by molar-refractivity contribution is -0.140. The van der Waals surface area contributed by atoms with Crippen molar-refractivity contribution in [2.45, 2.75) is 45.6 Å². The molecular formula is C24H31FO3Si. The van der Waals surface area contributed by atoms with Crippen molar-refractivity contribution in [1.82, 2.24) is 0 Å². The maximum atomic E-state index is 13.7. The van der Waals surface area contributed by atoms with Crippen LogP contribution < -0.4 is 10.4 Å². The van der Waals surface area contributed by atoms with Crippen LogP contribution in [-0.4, -0.2) is 27.5 Å². The summed E-state index contributed by atoms with van der Waals surface area (Å²) < 4.78 is 25.1. The quantitative estimate of drug-likeness (QED) is 0.257. The molecule has 0 aliphatic carbocycles. The molecule has 0 unspecified atom stereocenters. The van der Waals surface area contributed by atoms with Gasteiger partial charge in [0.1, 0.15) is 0 Å². The molecule has 0 spiro atoms. The Morgan fingerprint density at radius 1 is 1.00 bits per heavy atom. The van der Waals surface area contributed by atoms with Crippen molar-refractivity contribution >= 4 is 24.7 Å². The van der Waals surface area contributed by atoms with E-state index in [1.165, 1.54) is 16.4 Å². The van der Waals surface area contributed by atoms with Crippen LogP contribution in [0.4, 0.5) is 4.39 Å². The largest absolute Gasteiger partial charge is 0.461 e. The lowest BCUT2D eigenvalue weighted by Crippen LogP contribution is -2.66. The Kier molecular flexibility index (Phi) is 8.35. The third-order valence-electron chi connectivity index (χ3n) is 4.88. The lowest BCUT2D eigenvalue weighted by atomic mass is 10.2. The first-order valence-corrected chi connectivity index (χ1v) is 12.0. The van der Waals surface area contributed by atoms with Crippen molar-refractivity contribution < 1.29 is 18.3 Å². The Morgan fingerprint density at radius 3 is 1.97 bits per heavy atom. The van der Waals surface area contributed by atoms with Crippen LogP contribution >= 0.6 is 0 Å². The van der Waals surface area contributed by atoms with Crippen molar-refractivity contribution in [2.24, 2.45) is 0 Å². The van der Waals surface area contributed by atoms with E-state index in [0.717, 1.165) is 0 Å². The second-order valence-electron chi connectivity index (χ2n) is 7.93. The fraction of sp³-hybridized carbons (Fsp3) is 0.375. The average molecular weight is 415 g/mol. The Balaban J connectivity index is 2.23. The molecule has 0 aliphatic heterocycles. The van der Waals surface area contributed by atoms with Gasteiger partial charge in [0.25, 0.3) is 8.32 Å². The number of benzene rings is 2. The number of carbonyl (C=O) groups excluding carboxylic acids is 1. The van der Waals surface area contributed by atoms with Crippen LogP contribution in [0.2, 0.25) is 5.04 Å². The average Bonchev–Trinajstić information content (AvgIpc) is 2.71. The van der Waals surface area contributed by atoms with E-state index in [2.05, 4.69) is 49.8 Å². The van der Waals surface area contributed by atoms with E-state index in [1.807, 2.05) is 36.4 Å². The normalized spacial score (nSPS) is 12.7. The number of rotatable bonds is 9. The molecule has 0 aromatic heterocycles. The zero-order chi connectivity index (χ0) is 21.3. The van der Waals surface area contributed by atoms with Crippen LogP contribution in [0.1, 0.15) is 40.5 Å². The predicted molar refractivity (Wildman–Crippen MR) is 119 cm³/mol. The van der Waals surface area contributed by atoms with Crippen LogP contribution in [0, 0.1) is 0 Å². The van der Waals surface area contributed by atoms with E-state index in [0.29, 0.717) is 19.4 Å². The minimum Gasteiger partial charge on any atom is -0.461 e. The Labute approximate surface area is 174 Å². The topological polar surface area (TPSA) is 35.5 Å². The molecular weight excluding hydrogens is 383 g/mol. The van der Waals surface area contributed by atoms with Gasteiger partial charge in [0.05, 0.1) is 6.61 Å². The molecule has 0 bridgehead atoms. The summed E-state index contributed by atoms with van der Waals surface area (Å²) in [7, 11) is -2.57. The first-order valence-electron chi connectivity index (χ1n) is 10.1. The fourth-order valence-corrected chi connectivity index (χ4v) is 8.19. The molecule has 0 amide bonds. The molecule has 2 rings (SSSR count). The maximum Gasteiger partial charge on any atom is 0.366 e. The van der Waals surface area contributed by atoms with Gasteiger partial charge in [-0.3, -0.25) is 0 Å². The Morgan fingerprint density at radius 2 is 1.52 bits per heavy atom. The minimum atomic E-state index is -2.57. The summed E-state index contributed by atoms with van der Waals surface area (Å²) in [5.41, 5.74) is 0. The standard InChI is InChI=1S/C24H31FO3Si/c1-5-27-23(26)22(25)18-12-13-19-28-29(24(2,3)4,20-14-8-6-9-15-20)21-16-10-7-11-17-21/h6-11,14-18H,5,12-13,19H2,1-4H3/b22-18+. The van der Waals surface area contributed by atoms with Crippen molar-refractivity contribution in [3.05, 3.63) is 72.6 Å². The summed E-state index contributed by atoms with van der Waals surface area (Å²) in [5, 5.41) is 2.33. The molecule has 0 radical (unpaired) electrons. The summed E-state index contributed by atoms with van der Waals surface area (Å²) in [6, 6.07) is 20.8. The van der Waals surface area contributed by atoms with Crippen LogP contribution in [0.15, 0.2) is 72.6 Å². The van der Waals surface area contributed by atoms with E-state index >= 15 is 0 Å². The van der Waals surface area contributed by atoms with Gasteiger partial charge in [-0.05, 0) is 41.3 Å². The number of hydrogen-bond donors (Lipinski definition) is 0. The van der Waals surface area contributed by atoms with Crippen LogP contribution in [0.25, 0.3) is 0 Å². The van der Waals surface area contributed by atoms with Gasteiger partial charge in [0, 0.05) is 6.61 Å². The molecule has 156 valence electrons. The summed E-state index contributed by atoms with van der Waals surface area (Å²) in [6.45, 7) is 8.97. The molecule has 0 saturated heterocycles. The highest BCUT2D eigenvalue weighted by molar-refractivity contribution is 6.99. The van der Waals surface area contributed by atoms with Gasteiger partial charge >= 0.3 is 5.97 Å². The monoisotopic (exact) mass is 414 g/mol. The van der Waals surface area contributed by atoms with Crippen LogP contribution in [0.3, 0.4) is 0 Å². The molecule has 0 heterocycles. The van der Waals surface area contributed by atoms with E-state index in [9.17, 15) is 9.18 Å². The third-order valence-corrected chi connectivity index (χ3v) is 9.92. The minimum absolute atomic E-state index is 0.0955. The highest BCUT2D eigenvalue weighted by atomic mass is 28.4. The van der Waals surface area contributed by atoms with Gasteiger partial charge in [-0.2, -0.15) is 4.39 Å². The number of ether oxygens (including phenoxy) is 1. The molecule has 2 aromatic rings. The maximum absolute atomic E-state index is 13.7. The summed E-state index contributed by atoms with van der Waals surface area (Å²) in [5.74, 6) is -1.74. The molecule has 0 atom stereocenters. The molecule has 0 aliphatic rings. The number of unbranched alkanes of at least 4 members (excludes halogenated alkanes) is 1. The fourth-order valence-electron chi connectivity index (χ4n) is 3.58. The van der Waals surface area contributed by atoms with Crippen molar-refractivity contribution in [3.63, 3.8) is 0 Å². The SMILES string of the molecule is CCOC(=O)/C(F)=C\CCCO[Si](c1ccccc1)(c1ccccc1)C(C)(C)C. The van der Waals surface area contributed by atoms with Crippen molar-refractivity contribution in [2.75, 3.05) is 13.2 Å². The number of halogens is 1. The van der Waals surface area contributed by atoms with Gasteiger partial charge in [0.2, 0.25) is 5.83 Å². The second-order valence-corrected chi connectivity index (χ2v) is 12.2. The summed E-state index contributed by atoms with van der Waals surface area (Å²) in [4.78, 5) is 11.4. The smallest absolute Gasteiger partial charge is 0.366 e. The van der Waals surface area contributed by atoms with Crippen LogP contribution in [-0.2, 0) is 14.0 Å². The first kappa shape index (κ1) is 23.0. The highest BCUT2D eigenvalue weighted by Crippen LogP contribution is 2.36. The number of hydrogen-bond acceptors (Lipinski definition) is 3. The van der Waals surface area contributed by atoms with Gasteiger partial charge in [-0.15, -0.1) is 0 Å². The molecule has 3 nitrogen and oxygen atoms in total. The molecule has 0 saturated carbocycles. The number of allylic oxidation sites excluding steroid dienone is 1. The van der Waals surface area contributed by atoms with Crippen molar-refractivity contribution in [1.29, 1.82) is 0 Å². The number of carbonyl (C=O) groups is 1. The third kappa shape index (κ3) is 5.64. The molecule has 0 N–H and O–H groups in total. The first-order chi connectivity index (χ1) is 13.8. The molecule has 5 heteroatoms. The van der Waals surface area contributed by atoms with E-state index in [1.54, 1.807) is 6.92 Å². The zero-order valence-electron chi connectivity index (χ0n) is 17.8. The van der Waals surface area contributed by atoms with E-state index < -0.39 is 20.1 Å². The van der Waals surface area contributed by atoms with Crippen LogP contribution in [0.5, 0.6) is 0 Å². The van der Waals surface area contributed by atoms with Gasteiger partial charge in [0.15, 0.2) is 0 Å². The summed E-state index contributed by atoms with van der Waals surface area (Å²) in [6.07, 6.45) is 2.33. The van der Waals surface area contributed by atoms with Gasteiger partial charge in [-0.1, -0.05) is 81.4 Å². The molecule has 2 aromatic carbocycles. The highest BCUT2D eigenvalue weighted by Gasteiger charge is 2.49. The predicted octanol–water partition coefficient (Wildman–Crippen LogP) is 4.76. The second kappa shape index (κ2) is 10.5. The molecule has 29 heavy (non-hydrogen) atoms. The summed E-state index contributed by atoms with van der Waals surface area (Å²) >= 11 is 0. The van der Waals surface area contributed by atoms with E-state index in [4.69, 9.17) is 4.43 Å². The Bertz CT molecular complexity index is 758. The van der Waals surface area contributed by atoms with Gasteiger partial charge in [-0.25, -0.2) is 4.79 Å². The van der Waals surface area contributed by atoms with Gasteiger partial charge < -0.3 is 9.16 Å². The molecule has 0 fully saturated rings. The zero-order valence-corrected chi connectivity index (χ0v) is 18.8. The Hall–Kier alpha value is -2.24. The lowest BCUT2D eigenvalue weighted by Gasteiger charge is -2.43.